The van der Waals surface area contributed by atoms with E-state index in [9.17, 15) is 4.79 Å². The summed E-state index contributed by atoms with van der Waals surface area (Å²) in [6.45, 7) is 5.33. The van der Waals surface area contributed by atoms with Crippen molar-refractivity contribution in [2.24, 2.45) is 9.98 Å². The second-order valence-electron chi connectivity index (χ2n) is 4.90. The molecule has 0 atom stereocenters. The third-order valence-electron chi connectivity index (χ3n) is 3.40. The first kappa shape index (κ1) is 17.8. The zero-order chi connectivity index (χ0) is 17.7. The first-order valence-corrected chi connectivity index (χ1v) is 8.31. The Balaban J connectivity index is 2.58. The summed E-state index contributed by atoms with van der Waals surface area (Å²) < 4.78 is 10.5. The first-order chi connectivity index (χ1) is 11.5. The summed E-state index contributed by atoms with van der Waals surface area (Å²) in [5.74, 6) is 1.70. The maximum Gasteiger partial charge on any atom is 0.257 e. The fourth-order valence-corrected chi connectivity index (χ4v) is 2.47. The van der Waals surface area contributed by atoms with Gasteiger partial charge in [-0.25, -0.2) is 9.98 Å². The smallest absolute Gasteiger partial charge is 0.257 e. The van der Waals surface area contributed by atoms with E-state index < -0.39 is 0 Å². The number of aliphatic imine (C=N–C) groups is 2. The molecule has 1 N–H and O–H groups in total. The zero-order valence-electron chi connectivity index (χ0n) is 14.0. The highest BCUT2D eigenvalue weighted by molar-refractivity contribution is 8.13. The van der Waals surface area contributed by atoms with Crippen molar-refractivity contribution in [3.8, 4) is 22.6 Å². The number of hydrogen-bond donors (Lipinski definition) is 1. The Labute approximate surface area is 144 Å². The second-order valence-corrected chi connectivity index (χ2v) is 5.68. The maximum atomic E-state index is 12.5. The summed E-state index contributed by atoms with van der Waals surface area (Å²) >= 11 is 1.36. The third-order valence-corrected chi connectivity index (χ3v) is 3.98. The average Bonchev–Trinajstić information content (AvgIpc) is 2.61. The normalized spacial score (nSPS) is 11.2. The molecule has 6 nitrogen and oxygen atoms in total. The van der Waals surface area contributed by atoms with Crippen molar-refractivity contribution >= 4 is 29.5 Å². The number of ether oxygens (including phenoxy) is 2. The number of H-pyrrole nitrogens is 1. The quantitative estimate of drug-likeness (QED) is 0.680. The van der Waals surface area contributed by atoms with Crippen molar-refractivity contribution in [2.75, 3.05) is 20.5 Å². The molecule has 0 amide bonds. The van der Waals surface area contributed by atoms with E-state index >= 15 is 0 Å². The fraction of sp³-hybridized carbons (Fsp3) is 0.235. The number of amidine groups is 1. The molecule has 0 aliphatic carbocycles. The van der Waals surface area contributed by atoms with Gasteiger partial charge in [-0.15, -0.1) is 0 Å². The molecule has 0 saturated heterocycles. The number of benzene rings is 1. The molecular weight excluding hydrogens is 326 g/mol. The number of nitrogens with one attached hydrogen (secondary N) is 1. The van der Waals surface area contributed by atoms with Gasteiger partial charge in [0, 0.05) is 11.6 Å². The van der Waals surface area contributed by atoms with E-state index in [1.165, 1.54) is 11.8 Å². The molecule has 0 saturated carbocycles. The van der Waals surface area contributed by atoms with Crippen LogP contribution in [0.2, 0.25) is 0 Å². The summed E-state index contributed by atoms with van der Waals surface area (Å²) in [5, 5.41) is 0.490. The van der Waals surface area contributed by atoms with Crippen LogP contribution in [-0.4, -0.2) is 37.3 Å². The number of rotatable bonds is 4. The van der Waals surface area contributed by atoms with Gasteiger partial charge in [0.2, 0.25) is 0 Å². The van der Waals surface area contributed by atoms with Gasteiger partial charge in [0.15, 0.2) is 5.17 Å². The molecule has 24 heavy (non-hydrogen) atoms. The summed E-state index contributed by atoms with van der Waals surface area (Å²) in [7, 11) is 3.14. The molecule has 0 radical (unpaired) electrons. The van der Waals surface area contributed by atoms with Gasteiger partial charge in [0.25, 0.3) is 5.56 Å². The molecule has 0 fully saturated rings. The molecule has 126 valence electrons. The summed E-state index contributed by atoms with van der Waals surface area (Å²) in [6, 6.07) is 7.11. The van der Waals surface area contributed by atoms with Crippen LogP contribution in [-0.2, 0) is 0 Å². The van der Waals surface area contributed by atoms with Gasteiger partial charge >= 0.3 is 0 Å². The number of methoxy groups -OCH3 is 2. The SMILES string of the molecule is C=N/C(=N\c1[nH]c(=O)c(-c2cc(OC)cc(OC)c2)cc1C)SC. The Kier molecular flexibility index (Phi) is 5.81. The lowest BCUT2D eigenvalue weighted by molar-refractivity contribution is 0.394. The van der Waals surface area contributed by atoms with E-state index in [1.54, 1.807) is 38.5 Å². The molecule has 7 heteroatoms. The van der Waals surface area contributed by atoms with Crippen molar-refractivity contribution in [3.05, 3.63) is 40.2 Å². The standard InChI is InChI=1S/C17H19N3O3S/c1-10-6-14(11-7-12(22-3)9-13(8-11)23-4)16(21)19-15(10)20-17(18-2)24-5/h6-9H,2H2,1,3-5H3,(H,19,21)/b20-17+. The molecule has 1 heterocycles. The van der Waals surface area contributed by atoms with Gasteiger partial charge < -0.3 is 14.5 Å². The number of thioether (sulfide) groups is 1. The molecular formula is C17H19N3O3S. The number of hydrogen-bond acceptors (Lipinski definition) is 5. The minimum absolute atomic E-state index is 0.251. The number of nitrogens with zero attached hydrogens (tertiary/aromatic N) is 2. The lowest BCUT2D eigenvalue weighted by atomic mass is 10.0. The Morgan fingerprint density at radius 1 is 1.17 bits per heavy atom. The van der Waals surface area contributed by atoms with Crippen LogP contribution < -0.4 is 15.0 Å². The minimum Gasteiger partial charge on any atom is -0.497 e. The summed E-state index contributed by atoms with van der Waals surface area (Å²) in [6.07, 6.45) is 1.85. The maximum absolute atomic E-state index is 12.5. The summed E-state index contributed by atoms with van der Waals surface area (Å²) in [5.41, 5.74) is 1.79. The lowest BCUT2D eigenvalue weighted by Crippen LogP contribution is -2.10. The molecule has 0 aliphatic rings. The van der Waals surface area contributed by atoms with E-state index in [0.717, 1.165) is 5.56 Å². The van der Waals surface area contributed by atoms with Crippen LogP contribution in [0.15, 0.2) is 39.0 Å². The molecule has 1 aromatic heterocycles. The van der Waals surface area contributed by atoms with Crippen LogP contribution in [0, 0.1) is 6.92 Å². The predicted molar refractivity (Wildman–Crippen MR) is 100 cm³/mol. The van der Waals surface area contributed by atoms with Crippen molar-refractivity contribution in [2.45, 2.75) is 6.92 Å². The summed E-state index contributed by atoms with van der Waals surface area (Å²) in [4.78, 5) is 23.4. The molecule has 1 aromatic carbocycles. The Bertz CT molecular complexity index is 821. The molecule has 0 aliphatic heterocycles. The first-order valence-electron chi connectivity index (χ1n) is 7.09. The molecule has 2 aromatic rings. The number of aromatic amines is 1. The van der Waals surface area contributed by atoms with Crippen LogP contribution in [0.4, 0.5) is 5.82 Å². The topological polar surface area (TPSA) is 76.0 Å². The number of aromatic nitrogens is 1. The van der Waals surface area contributed by atoms with Crippen molar-refractivity contribution in [3.63, 3.8) is 0 Å². The Morgan fingerprint density at radius 3 is 2.29 bits per heavy atom. The fourth-order valence-electron chi connectivity index (χ4n) is 2.16. The van der Waals surface area contributed by atoms with Crippen LogP contribution in [0.25, 0.3) is 11.1 Å². The van der Waals surface area contributed by atoms with Gasteiger partial charge in [0.05, 0.1) is 14.2 Å². The van der Waals surface area contributed by atoms with E-state index in [2.05, 4.69) is 21.7 Å². The molecule has 0 spiro atoms. The highest BCUT2D eigenvalue weighted by Gasteiger charge is 2.11. The molecule has 0 bridgehead atoms. The van der Waals surface area contributed by atoms with Gasteiger partial charge in [0.1, 0.15) is 17.3 Å². The number of pyridine rings is 1. The van der Waals surface area contributed by atoms with E-state index in [0.29, 0.717) is 33.6 Å². The minimum atomic E-state index is -0.251. The van der Waals surface area contributed by atoms with E-state index in [4.69, 9.17) is 9.47 Å². The van der Waals surface area contributed by atoms with Gasteiger partial charge in [-0.2, -0.15) is 0 Å². The van der Waals surface area contributed by atoms with Crippen molar-refractivity contribution in [1.29, 1.82) is 0 Å². The average molecular weight is 345 g/mol. The Hall–Kier alpha value is -2.54. The second kappa shape index (κ2) is 7.83. The Morgan fingerprint density at radius 2 is 1.79 bits per heavy atom. The highest BCUT2D eigenvalue weighted by atomic mass is 32.2. The van der Waals surface area contributed by atoms with Crippen LogP contribution >= 0.6 is 11.8 Å². The van der Waals surface area contributed by atoms with E-state index in [1.807, 2.05) is 13.2 Å². The van der Waals surface area contributed by atoms with Crippen LogP contribution in [0.3, 0.4) is 0 Å². The lowest BCUT2D eigenvalue weighted by Gasteiger charge is -2.10. The van der Waals surface area contributed by atoms with Crippen molar-refractivity contribution < 1.29 is 9.47 Å². The largest absolute Gasteiger partial charge is 0.497 e. The van der Waals surface area contributed by atoms with Gasteiger partial charge in [-0.05, 0) is 49.2 Å². The van der Waals surface area contributed by atoms with Crippen LogP contribution in [0.1, 0.15) is 5.56 Å². The van der Waals surface area contributed by atoms with Gasteiger partial charge in [-0.3, -0.25) is 4.79 Å². The monoisotopic (exact) mass is 345 g/mol. The van der Waals surface area contributed by atoms with Crippen molar-refractivity contribution in [1.82, 2.24) is 4.98 Å². The highest BCUT2D eigenvalue weighted by Crippen LogP contribution is 2.29. The molecule has 2 rings (SSSR count). The molecule has 0 unspecified atom stereocenters. The zero-order valence-corrected chi connectivity index (χ0v) is 14.9. The van der Waals surface area contributed by atoms with Gasteiger partial charge in [-0.1, -0.05) is 11.8 Å². The predicted octanol–water partition coefficient (Wildman–Crippen LogP) is 3.42. The third kappa shape index (κ3) is 3.86. The number of aryl methyl sites for hydroxylation is 1. The van der Waals surface area contributed by atoms with Crippen LogP contribution in [0.5, 0.6) is 11.5 Å². The van der Waals surface area contributed by atoms with E-state index in [-0.39, 0.29) is 5.56 Å².